The maximum Gasteiger partial charge on any atom is 0.142 e. The van der Waals surface area contributed by atoms with Gasteiger partial charge >= 0.3 is 0 Å². The van der Waals surface area contributed by atoms with Gasteiger partial charge < -0.3 is 5.32 Å². The first-order valence-corrected chi connectivity index (χ1v) is 6.36. The highest BCUT2D eigenvalue weighted by Crippen LogP contribution is 2.31. The molecule has 0 saturated carbocycles. The van der Waals surface area contributed by atoms with E-state index in [1.165, 1.54) is 6.33 Å². The summed E-state index contributed by atoms with van der Waals surface area (Å²) >= 11 is 6.19. The van der Waals surface area contributed by atoms with Crippen LogP contribution < -0.4 is 5.32 Å². The smallest absolute Gasteiger partial charge is 0.142 e. The number of rotatable bonds is 4. The van der Waals surface area contributed by atoms with Crippen LogP contribution in [-0.2, 0) is 0 Å². The summed E-state index contributed by atoms with van der Waals surface area (Å²) < 4.78 is 0. The molecule has 0 spiro atoms. The monoisotopic (exact) mass is 261 g/mol. The molecule has 2 aromatic rings. The van der Waals surface area contributed by atoms with Crippen LogP contribution in [0.25, 0.3) is 11.1 Å². The fourth-order valence-corrected chi connectivity index (χ4v) is 1.90. The number of nitrogens with one attached hydrogen (secondary N) is 1. The van der Waals surface area contributed by atoms with E-state index < -0.39 is 0 Å². The van der Waals surface area contributed by atoms with Crippen molar-refractivity contribution in [2.24, 2.45) is 5.92 Å². The van der Waals surface area contributed by atoms with E-state index in [4.69, 9.17) is 11.6 Å². The minimum absolute atomic E-state index is 0.474. The van der Waals surface area contributed by atoms with Crippen molar-refractivity contribution in [1.29, 1.82) is 0 Å². The van der Waals surface area contributed by atoms with Crippen molar-refractivity contribution in [3.8, 4) is 11.1 Å². The maximum atomic E-state index is 6.19. The molecule has 94 valence electrons. The first-order valence-electron chi connectivity index (χ1n) is 5.98. The molecule has 4 heteroatoms. The zero-order valence-corrected chi connectivity index (χ0v) is 11.3. The molecular weight excluding hydrogens is 246 g/mol. The van der Waals surface area contributed by atoms with Gasteiger partial charge in [0.05, 0.1) is 5.56 Å². The van der Waals surface area contributed by atoms with Crippen molar-refractivity contribution in [3.63, 3.8) is 0 Å². The van der Waals surface area contributed by atoms with Gasteiger partial charge in [-0.25, -0.2) is 9.97 Å². The van der Waals surface area contributed by atoms with E-state index in [0.29, 0.717) is 11.1 Å². The van der Waals surface area contributed by atoms with Gasteiger partial charge in [0.1, 0.15) is 17.3 Å². The summed E-state index contributed by atoms with van der Waals surface area (Å²) in [7, 11) is 0. The molecule has 1 heterocycles. The molecule has 1 N–H and O–H groups in total. The van der Waals surface area contributed by atoms with E-state index in [-0.39, 0.29) is 0 Å². The predicted molar refractivity (Wildman–Crippen MR) is 75.8 cm³/mol. The Kier molecular flexibility index (Phi) is 4.15. The topological polar surface area (TPSA) is 37.8 Å². The Morgan fingerprint density at radius 3 is 2.56 bits per heavy atom. The normalized spacial score (nSPS) is 10.7. The summed E-state index contributed by atoms with van der Waals surface area (Å²) in [5.41, 5.74) is 1.88. The highest BCUT2D eigenvalue weighted by atomic mass is 35.5. The Morgan fingerprint density at radius 1 is 1.17 bits per heavy atom. The first kappa shape index (κ1) is 12.8. The average Bonchev–Trinajstić information content (AvgIpc) is 2.37. The Balaban J connectivity index is 2.39. The summed E-state index contributed by atoms with van der Waals surface area (Å²) in [5, 5.41) is 3.79. The summed E-state index contributed by atoms with van der Waals surface area (Å²) in [5.74, 6) is 1.33. The van der Waals surface area contributed by atoms with Crippen molar-refractivity contribution < 1.29 is 0 Å². The number of halogens is 1. The van der Waals surface area contributed by atoms with Crippen LogP contribution >= 0.6 is 11.6 Å². The minimum atomic E-state index is 0.474. The number of hydrogen-bond acceptors (Lipinski definition) is 3. The molecule has 0 fully saturated rings. The van der Waals surface area contributed by atoms with Crippen molar-refractivity contribution >= 4 is 17.4 Å². The van der Waals surface area contributed by atoms with E-state index in [2.05, 4.69) is 29.1 Å². The average molecular weight is 262 g/mol. The maximum absolute atomic E-state index is 6.19. The summed E-state index contributed by atoms with van der Waals surface area (Å²) in [6, 6.07) is 9.94. The summed E-state index contributed by atoms with van der Waals surface area (Å²) in [6.45, 7) is 5.16. The summed E-state index contributed by atoms with van der Waals surface area (Å²) in [6.07, 6.45) is 1.48. The van der Waals surface area contributed by atoms with Crippen molar-refractivity contribution in [2.75, 3.05) is 11.9 Å². The van der Waals surface area contributed by atoms with Crippen LogP contribution in [0.3, 0.4) is 0 Å². The molecule has 2 rings (SSSR count). The van der Waals surface area contributed by atoms with Crippen LogP contribution in [0.4, 0.5) is 5.82 Å². The molecule has 0 bridgehead atoms. The predicted octanol–water partition coefficient (Wildman–Crippen LogP) is 3.86. The molecule has 0 aliphatic rings. The third-order valence-corrected chi connectivity index (χ3v) is 2.83. The van der Waals surface area contributed by atoms with Crippen molar-refractivity contribution in [1.82, 2.24) is 9.97 Å². The molecule has 0 atom stereocenters. The van der Waals surface area contributed by atoms with Gasteiger partial charge in [-0.3, -0.25) is 0 Å². The lowest BCUT2D eigenvalue weighted by molar-refractivity contribution is 0.687. The van der Waals surface area contributed by atoms with Crippen LogP contribution in [0.15, 0.2) is 36.7 Å². The molecule has 0 unspecified atom stereocenters. The fourth-order valence-electron chi connectivity index (χ4n) is 1.66. The fraction of sp³-hybridized carbons (Fsp3) is 0.286. The Labute approximate surface area is 112 Å². The lowest BCUT2D eigenvalue weighted by atomic mass is 10.1. The highest BCUT2D eigenvalue weighted by molar-refractivity contribution is 6.32. The zero-order chi connectivity index (χ0) is 13.0. The third kappa shape index (κ3) is 2.99. The molecule has 0 saturated heterocycles. The van der Waals surface area contributed by atoms with Crippen LogP contribution in [0, 0.1) is 5.92 Å². The standard InChI is InChI=1S/C14H16ClN3/c1-10(2)8-16-14-12(13(15)17-9-18-14)11-6-4-3-5-7-11/h3-7,9-10H,8H2,1-2H3,(H,16,17,18). The van der Waals surface area contributed by atoms with Gasteiger partial charge in [0.2, 0.25) is 0 Å². The van der Waals surface area contributed by atoms with Crippen LogP contribution in [0.2, 0.25) is 5.15 Å². The van der Waals surface area contributed by atoms with Crippen LogP contribution in [0.1, 0.15) is 13.8 Å². The molecule has 3 nitrogen and oxygen atoms in total. The van der Waals surface area contributed by atoms with Gasteiger partial charge in [0, 0.05) is 6.54 Å². The second-order valence-corrected chi connectivity index (χ2v) is 4.89. The number of benzene rings is 1. The van der Waals surface area contributed by atoms with Gasteiger partial charge in [-0.2, -0.15) is 0 Å². The quantitative estimate of drug-likeness (QED) is 0.849. The molecule has 0 amide bonds. The van der Waals surface area contributed by atoms with Gasteiger partial charge in [0.15, 0.2) is 0 Å². The number of anilines is 1. The van der Waals surface area contributed by atoms with Gasteiger partial charge in [0.25, 0.3) is 0 Å². The zero-order valence-electron chi connectivity index (χ0n) is 10.5. The van der Waals surface area contributed by atoms with E-state index in [0.717, 1.165) is 23.5 Å². The SMILES string of the molecule is CC(C)CNc1ncnc(Cl)c1-c1ccccc1. The molecule has 18 heavy (non-hydrogen) atoms. The van der Waals surface area contributed by atoms with Gasteiger partial charge in [-0.15, -0.1) is 0 Å². The van der Waals surface area contributed by atoms with E-state index in [1.807, 2.05) is 30.3 Å². The number of hydrogen-bond donors (Lipinski definition) is 1. The van der Waals surface area contributed by atoms with E-state index >= 15 is 0 Å². The molecule has 0 radical (unpaired) electrons. The first-order chi connectivity index (χ1) is 8.68. The summed E-state index contributed by atoms with van der Waals surface area (Å²) in [4.78, 5) is 8.34. The minimum Gasteiger partial charge on any atom is -0.369 e. The second-order valence-electron chi connectivity index (χ2n) is 4.53. The molecule has 0 aliphatic carbocycles. The Morgan fingerprint density at radius 2 is 1.89 bits per heavy atom. The Hall–Kier alpha value is -1.61. The molecule has 1 aromatic heterocycles. The number of aromatic nitrogens is 2. The largest absolute Gasteiger partial charge is 0.369 e. The second kappa shape index (κ2) is 5.83. The lowest BCUT2D eigenvalue weighted by Crippen LogP contribution is -2.10. The molecule has 1 aromatic carbocycles. The van der Waals surface area contributed by atoms with Crippen LogP contribution in [0.5, 0.6) is 0 Å². The third-order valence-electron chi connectivity index (χ3n) is 2.54. The highest BCUT2D eigenvalue weighted by Gasteiger charge is 2.11. The molecule has 0 aliphatic heterocycles. The van der Waals surface area contributed by atoms with E-state index in [9.17, 15) is 0 Å². The van der Waals surface area contributed by atoms with Gasteiger partial charge in [-0.05, 0) is 11.5 Å². The Bertz CT molecular complexity index is 512. The van der Waals surface area contributed by atoms with Gasteiger partial charge in [-0.1, -0.05) is 55.8 Å². The van der Waals surface area contributed by atoms with Crippen LogP contribution in [-0.4, -0.2) is 16.5 Å². The van der Waals surface area contributed by atoms with Crippen molar-refractivity contribution in [3.05, 3.63) is 41.8 Å². The number of nitrogens with zero attached hydrogens (tertiary/aromatic N) is 2. The van der Waals surface area contributed by atoms with E-state index in [1.54, 1.807) is 0 Å². The van der Waals surface area contributed by atoms with Crippen molar-refractivity contribution in [2.45, 2.75) is 13.8 Å². The lowest BCUT2D eigenvalue weighted by Gasteiger charge is -2.13. The molecular formula is C14H16ClN3.